The van der Waals surface area contributed by atoms with Crippen LogP contribution in [0.5, 0.6) is 0 Å². The number of rotatable bonds is 1. The minimum atomic E-state index is 0.819. The lowest BCUT2D eigenvalue weighted by atomic mass is 10.3. The molecule has 0 spiro atoms. The van der Waals surface area contributed by atoms with Crippen LogP contribution in [0.2, 0.25) is 0 Å². The van der Waals surface area contributed by atoms with Gasteiger partial charge in [-0.25, -0.2) is 9.66 Å². The number of hydrogen-bond acceptors (Lipinski definition) is 2. The van der Waals surface area contributed by atoms with E-state index in [1.165, 1.54) is 0 Å². The zero-order valence-corrected chi connectivity index (χ0v) is 8.96. The fraction of sp³-hybridized carbons (Fsp3) is 0.0833. The van der Waals surface area contributed by atoms with Crippen LogP contribution in [0.3, 0.4) is 0 Å². The number of fused-ring (bicyclic) bond motifs is 1. The van der Waals surface area contributed by atoms with Gasteiger partial charge in [0.25, 0.3) is 0 Å². The Morgan fingerprint density at radius 2 is 1.94 bits per heavy atom. The summed E-state index contributed by atoms with van der Waals surface area (Å²) in [6.07, 6.45) is 4.01. The Kier molecular flexibility index (Phi) is 1.77. The highest BCUT2D eigenvalue weighted by Gasteiger charge is 2.05. The Balaban J connectivity index is 2.24. The summed E-state index contributed by atoms with van der Waals surface area (Å²) in [6.45, 7) is 1.90. The van der Waals surface area contributed by atoms with Gasteiger partial charge in [0.05, 0.1) is 11.0 Å². The largest absolute Gasteiger partial charge is 0.337 e. The molecule has 0 bridgehead atoms. The van der Waals surface area contributed by atoms with Crippen LogP contribution in [-0.4, -0.2) is 14.2 Å². The molecule has 4 nitrogen and oxygen atoms in total. The molecule has 2 aromatic heterocycles. The highest BCUT2D eigenvalue weighted by Crippen LogP contribution is 2.18. The third-order valence-electron chi connectivity index (χ3n) is 2.75. The second-order valence-corrected chi connectivity index (χ2v) is 3.79. The number of nitrogens with zero attached hydrogens (tertiary/aromatic N) is 3. The number of benzene rings is 1. The fourth-order valence-electron chi connectivity index (χ4n) is 1.87. The van der Waals surface area contributed by atoms with E-state index in [0.29, 0.717) is 0 Å². The first-order valence-electron chi connectivity index (χ1n) is 5.13. The number of aromatic nitrogens is 3. The summed E-state index contributed by atoms with van der Waals surface area (Å²) < 4.78 is 3.65. The minimum absolute atomic E-state index is 0.819. The topological polar surface area (TPSA) is 48.8 Å². The van der Waals surface area contributed by atoms with Crippen LogP contribution in [-0.2, 0) is 0 Å². The molecule has 0 aliphatic rings. The molecule has 0 saturated heterocycles. The predicted octanol–water partition coefficient (Wildman–Crippen LogP) is 1.85. The highest BCUT2D eigenvalue weighted by molar-refractivity contribution is 5.78. The summed E-state index contributed by atoms with van der Waals surface area (Å²) >= 11 is 0. The molecule has 16 heavy (non-hydrogen) atoms. The van der Waals surface area contributed by atoms with Crippen LogP contribution in [0, 0.1) is 6.92 Å². The van der Waals surface area contributed by atoms with E-state index in [4.69, 9.17) is 5.84 Å². The summed E-state index contributed by atoms with van der Waals surface area (Å²) in [5, 5.41) is 0. The molecule has 4 heteroatoms. The van der Waals surface area contributed by atoms with Crippen LogP contribution < -0.4 is 5.84 Å². The van der Waals surface area contributed by atoms with Crippen molar-refractivity contribution in [3.8, 4) is 5.69 Å². The van der Waals surface area contributed by atoms with E-state index in [0.717, 1.165) is 22.5 Å². The van der Waals surface area contributed by atoms with Crippen molar-refractivity contribution in [2.45, 2.75) is 6.92 Å². The second kappa shape index (κ2) is 3.13. The van der Waals surface area contributed by atoms with Crippen molar-refractivity contribution in [2.75, 3.05) is 5.84 Å². The normalized spacial score (nSPS) is 11.1. The summed E-state index contributed by atoms with van der Waals surface area (Å²) in [4.78, 5) is 4.41. The summed E-state index contributed by atoms with van der Waals surface area (Å²) in [5.41, 5.74) is 2.97. The lowest BCUT2D eigenvalue weighted by Gasteiger charge is -2.02. The smallest absolute Gasteiger partial charge is 0.125 e. The number of nitrogens with two attached hydrogens (primary N) is 1. The van der Waals surface area contributed by atoms with Gasteiger partial charge in [-0.1, -0.05) is 0 Å². The van der Waals surface area contributed by atoms with E-state index in [1.54, 1.807) is 4.68 Å². The van der Waals surface area contributed by atoms with Crippen molar-refractivity contribution in [3.63, 3.8) is 0 Å². The SMILES string of the molecule is Cc1nc2cc(-n3cccc3)ccc2n1N. The minimum Gasteiger partial charge on any atom is -0.337 e. The van der Waals surface area contributed by atoms with E-state index in [-0.39, 0.29) is 0 Å². The Morgan fingerprint density at radius 3 is 2.69 bits per heavy atom. The summed E-state index contributed by atoms with van der Waals surface area (Å²) in [6, 6.07) is 10.1. The molecular formula is C12H12N4. The van der Waals surface area contributed by atoms with Crippen molar-refractivity contribution in [3.05, 3.63) is 48.5 Å². The van der Waals surface area contributed by atoms with Crippen molar-refractivity contribution in [1.29, 1.82) is 0 Å². The molecule has 0 radical (unpaired) electrons. The first-order valence-corrected chi connectivity index (χ1v) is 5.13. The molecule has 0 atom stereocenters. The maximum Gasteiger partial charge on any atom is 0.125 e. The Morgan fingerprint density at radius 1 is 1.19 bits per heavy atom. The lowest BCUT2D eigenvalue weighted by molar-refractivity contribution is 0.956. The summed E-state index contributed by atoms with van der Waals surface area (Å²) in [5.74, 6) is 6.67. The van der Waals surface area contributed by atoms with Crippen LogP contribution >= 0.6 is 0 Å². The molecule has 0 amide bonds. The van der Waals surface area contributed by atoms with E-state index in [1.807, 2.05) is 54.2 Å². The van der Waals surface area contributed by atoms with Crippen molar-refractivity contribution < 1.29 is 0 Å². The molecule has 80 valence electrons. The monoisotopic (exact) mass is 212 g/mol. The van der Waals surface area contributed by atoms with Crippen molar-refractivity contribution >= 4 is 11.0 Å². The van der Waals surface area contributed by atoms with E-state index in [9.17, 15) is 0 Å². The standard InChI is InChI=1S/C12H12N4/c1-9-14-11-8-10(15-6-2-3-7-15)4-5-12(11)16(9)13/h2-8H,13H2,1H3. The number of imidazole rings is 1. The Labute approximate surface area is 92.9 Å². The molecule has 0 aliphatic heterocycles. The first kappa shape index (κ1) is 9.03. The highest BCUT2D eigenvalue weighted by atomic mass is 15.3. The van der Waals surface area contributed by atoms with Gasteiger partial charge in [-0.05, 0) is 37.3 Å². The molecule has 1 aromatic carbocycles. The Hall–Kier alpha value is -2.23. The number of nitrogen functional groups attached to an aromatic ring is 1. The maximum absolute atomic E-state index is 5.85. The molecule has 0 unspecified atom stereocenters. The maximum atomic E-state index is 5.85. The van der Waals surface area contributed by atoms with E-state index < -0.39 is 0 Å². The molecule has 3 aromatic rings. The molecular weight excluding hydrogens is 200 g/mol. The van der Waals surface area contributed by atoms with E-state index in [2.05, 4.69) is 4.98 Å². The van der Waals surface area contributed by atoms with Gasteiger partial charge in [0.2, 0.25) is 0 Å². The average molecular weight is 212 g/mol. The third kappa shape index (κ3) is 1.20. The van der Waals surface area contributed by atoms with Gasteiger partial charge >= 0.3 is 0 Å². The Bertz CT molecular complexity index is 634. The number of hydrogen-bond donors (Lipinski definition) is 1. The van der Waals surface area contributed by atoms with Crippen LogP contribution in [0.15, 0.2) is 42.7 Å². The zero-order chi connectivity index (χ0) is 11.1. The van der Waals surface area contributed by atoms with Crippen molar-refractivity contribution in [2.24, 2.45) is 0 Å². The lowest BCUT2D eigenvalue weighted by Crippen LogP contribution is -2.09. The summed E-state index contributed by atoms with van der Waals surface area (Å²) in [7, 11) is 0. The molecule has 0 aliphatic carbocycles. The van der Waals surface area contributed by atoms with Crippen LogP contribution in [0.1, 0.15) is 5.82 Å². The van der Waals surface area contributed by atoms with Crippen LogP contribution in [0.25, 0.3) is 16.7 Å². The van der Waals surface area contributed by atoms with E-state index >= 15 is 0 Å². The quantitative estimate of drug-likeness (QED) is 0.626. The van der Waals surface area contributed by atoms with Crippen LogP contribution in [0.4, 0.5) is 0 Å². The van der Waals surface area contributed by atoms with Gasteiger partial charge in [-0.15, -0.1) is 0 Å². The second-order valence-electron chi connectivity index (χ2n) is 3.79. The molecule has 0 fully saturated rings. The molecule has 0 saturated carbocycles. The molecule has 3 rings (SSSR count). The van der Waals surface area contributed by atoms with Gasteiger partial charge < -0.3 is 10.4 Å². The van der Waals surface area contributed by atoms with Crippen molar-refractivity contribution in [1.82, 2.24) is 14.2 Å². The third-order valence-corrected chi connectivity index (χ3v) is 2.75. The predicted molar refractivity (Wildman–Crippen MR) is 63.9 cm³/mol. The molecule has 2 N–H and O–H groups in total. The number of aryl methyl sites for hydroxylation is 1. The molecule has 2 heterocycles. The fourth-order valence-corrected chi connectivity index (χ4v) is 1.87. The van der Waals surface area contributed by atoms with Gasteiger partial charge in [0.1, 0.15) is 5.82 Å². The first-order chi connectivity index (χ1) is 7.75. The van der Waals surface area contributed by atoms with Gasteiger partial charge in [-0.2, -0.15) is 0 Å². The van der Waals surface area contributed by atoms with Gasteiger partial charge in [0, 0.05) is 18.1 Å². The average Bonchev–Trinajstić information content (AvgIpc) is 2.88. The van der Waals surface area contributed by atoms with Gasteiger partial charge in [0.15, 0.2) is 0 Å². The van der Waals surface area contributed by atoms with Gasteiger partial charge in [-0.3, -0.25) is 0 Å². The zero-order valence-electron chi connectivity index (χ0n) is 8.96.